The second-order valence-corrected chi connectivity index (χ2v) is 4.44. The third kappa shape index (κ3) is 2.30. The molecule has 0 aliphatic carbocycles. The summed E-state index contributed by atoms with van der Waals surface area (Å²) in [5.41, 5.74) is 2.56. The summed E-state index contributed by atoms with van der Waals surface area (Å²) in [5, 5.41) is 0. The number of piperazine rings is 1. The molecule has 0 N–H and O–H groups in total. The van der Waals surface area contributed by atoms with E-state index in [1.165, 1.54) is 11.4 Å². The van der Waals surface area contributed by atoms with E-state index in [0.717, 1.165) is 26.2 Å². The van der Waals surface area contributed by atoms with Gasteiger partial charge in [0.2, 0.25) is 0 Å². The fourth-order valence-electron chi connectivity index (χ4n) is 2.37. The van der Waals surface area contributed by atoms with Crippen molar-refractivity contribution < 1.29 is 0 Å². The molecule has 1 aromatic heterocycles. The summed E-state index contributed by atoms with van der Waals surface area (Å²) in [4.78, 5) is 8.89. The maximum Gasteiger partial charge on any atom is 0.0398 e. The molecular weight excluding hydrogens is 222 g/mol. The van der Waals surface area contributed by atoms with Crippen molar-refractivity contribution in [2.75, 3.05) is 36.0 Å². The molecule has 0 bridgehead atoms. The van der Waals surface area contributed by atoms with Gasteiger partial charge in [0.25, 0.3) is 0 Å². The maximum absolute atomic E-state index is 4.06. The SMILES string of the molecule is [c]1ccc(N2CCN(c3ccncc3)CC2)cc1. The number of anilines is 2. The topological polar surface area (TPSA) is 19.4 Å². The van der Waals surface area contributed by atoms with E-state index in [1.807, 2.05) is 24.5 Å². The second kappa shape index (κ2) is 5.08. The van der Waals surface area contributed by atoms with Gasteiger partial charge in [-0.1, -0.05) is 12.1 Å². The van der Waals surface area contributed by atoms with Crippen molar-refractivity contribution in [2.24, 2.45) is 0 Å². The average molecular weight is 238 g/mol. The lowest BCUT2D eigenvalue weighted by Crippen LogP contribution is -2.46. The highest BCUT2D eigenvalue weighted by atomic mass is 15.3. The number of hydrogen-bond acceptors (Lipinski definition) is 3. The number of rotatable bonds is 2. The van der Waals surface area contributed by atoms with Crippen LogP contribution in [0.15, 0.2) is 48.8 Å². The zero-order valence-electron chi connectivity index (χ0n) is 10.3. The lowest BCUT2D eigenvalue weighted by Gasteiger charge is -2.37. The molecule has 0 atom stereocenters. The second-order valence-electron chi connectivity index (χ2n) is 4.44. The Kier molecular flexibility index (Phi) is 3.13. The molecule has 91 valence electrons. The van der Waals surface area contributed by atoms with Crippen LogP contribution in [-0.4, -0.2) is 31.2 Å². The molecule has 1 fully saturated rings. The smallest absolute Gasteiger partial charge is 0.0398 e. The van der Waals surface area contributed by atoms with Gasteiger partial charge in [-0.3, -0.25) is 4.98 Å². The highest BCUT2D eigenvalue weighted by Gasteiger charge is 2.16. The summed E-state index contributed by atoms with van der Waals surface area (Å²) in [6, 6.07) is 15.4. The van der Waals surface area contributed by atoms with Gasteiger partial charge in [-0.15, -0.1) is 0 Å². The van der Waals surface area contributed by atoms with E-state index in [9.17, 15) is 0 Å². The van der Waals surface area contributed by atoms with Crippen LogP contribution in [0.25, 0.3) is 0 Å². The van der Waals surface area contributed by atoms with Crippen molar-refractivity contribution in [3.63, 3.8) is 0 Å². The largest absolute Gasteiger partial charge is 0.368 e. The first-order valence-electron chi connectivity index (χ1n) is 6.29. The molecule has 3 nitrogen and oxygen atoms in total. The van der Waals surface area contributed by atoms with E-state index >= 15 is 0 Å². The normalized spacial score (nSPS) is 15.8. The van der Waals surface area contributed by atoms with Gasteiger partial charge in [-0.05, 0) is 30.3 Å². The van der Waals surface area contributed by atoms with E-state index in [0.29, 0.717) is 0 Å². The predicted molar refractivity (Wildman–Crippen MR) is 73.9 cm³/mol. The van der Waals surface area contributed by atoms with Gasteiger partial charge in [0.1, 0.15) is 0 Å². The van der Waals surface area contributed by atoms with Gasteiger partial charge in [0.15, 0.2) is 0 Å². The fraction of sp³-hybridized carbons (Fsp3) is 0.267. The van der Waals surface area contributed by atoms with Gasteiger partial charge < -0.3 is 9.80 Å². The summed E-state index contributed by atoms with van der Waals surface area (Å²) in [7, 11) is 0. The monoisotopic (exact) mass is 238 g/mol. The van der Waals surface area contributed by atoms with Crippen LogP contribution in [0.2, 0.25) is 0 Å². The Labute approximate surface area is 108 Å². The lowest BCUT2D eigenvalue weighted by molar-refractivity contribution is 0.653. The van der Waals surface area contributed by atoms with Crippen LogP contribution >= 0.6 is 0 Å². The summed E-state index contributed by atoms with van der Waals surface area (Å²) in [6.45, 7) is 4.24. The van der Waals surface area contributed by atoms with E-state index < -0.39 is 0 Å². The summed E-state index contributed by atoms with van der Waals surface area (Å²) >= 11 is 0. The van der Waals surface area contributed by atoms with Crippen LogP contribution in [0.4, 0.5) is 11.4 Å². The number of nitrogens with zero attached hydrogens (tertiary/aromatic N) is 3. The highest BCUT2D eigenvalue weighted by Crippen LogP contribution is 2.19. The maximum atomic E-state index is 4.06. The third-order valence-electron chi connectivity index (χ3n) is 3.37. The molecule has 1 aliphatic rings. The number of pyridine rings is 1. The minimum Gasteiger partial charge on any atom is -0.368 e. The molecular formula is C15H16N3. The van der Waals surface area contributed by atoms with Gasteiger partial charge in [0.05, 0.1) is 0 Å². The van der Waals surface area contributed by atoms with E-state index in [1.54, 1.807) is 0 Å². The number of hydrogen-bond donors (Lipinski definition) is 0. The van der Waals surface area contributed by atoms with Crippen LogP contribution in [0.5, 0.6) is 0 Å². The van der Waals surface area contributed by atoms with Gasteiger partial charge in [-0.25, -0.2) is 0 Å². The molecule has 1 aromatic carbocycles. The van der Waals surface area contributed by atoms with E-state index in [-0.39, 0.29) is 0 Å². The van der Waals surface area contributed by atoms with Gasteiger partial charge >= 0.3 is 0 Å². The van der Waals surface area contributed by atoms with Crippen LogP contribution in [-0.2, 0) is 0 Å². The van der Waals surface area contributed by atoms with Crippen LogP contribution in [0.1, 0.15) is 0 Å². The molecule has 0 spiro atoms. The Morgan fingerprint density at radius 1 is 0.778 bits per heavy atom. The zero-order chi connectivity index (χ0) is 12.2. The molecule has 0 unspecified atom stereocenters. The summed E-state index contributed by atoms with van der Waals surface area (Å²) in [6.07, 6.45) is 3.71. The van der Waals surface area contributed by atoms with Crippen molar-refractivity contribution in [1.82, 2.24) is 4.98 Å². The molecule has 18 heavy (non-hydrogen) atoms. The first-order chi connectivity index (χ1) is 8.93. The lowest BCUT2D eigenvalue weighted by atomic mass is 10.2. The number of benzene rings is 1. The highest BCUT2D eigenvalue weighted by molar-refractivity contribution is 5.50. The first-order valence-corrected chi connectivity index (χ1v) is 6.29. The van der Waals surface area contributed by atoms with E-state index in [2.05, 4.69) is 45.1 Å². The molecule has 0 amide bonds. The predicted octanol–water partition coefficient (Wildman–Crippen LogP) is 2.21. The molecule has 3 rings (SSSR count). The van der Waals surface area contributed by atoms with Crippen LogP contribution in [0.3, 0.4) is 0 Å². The Morgan fingerprint density at radius 3 is 1.83 bits per heavy atom. The molecule has 3 heteroatoms. The van der Waals surface area contributed by atoms with Crippen molar-refractivity contribution in [2.45, 2.75) is 0 Å². The molecule has 1 saturated heterocycles. The third-order valence-corrected chi connectivity index (χ3v) is 3.37. The van der Waals surface area contributed by atoms with Crippen molar-refractivity contribution in [3.8, 4) is 0 Å². The van der Waals surface area contributed by atoms with Crippen molar-refractivity contribution in [3.05, 3.63) is 54.9 Å². The Morgan fingerprint density at radius 2 is 1.28 bits per heavy atom. The van der Waals surface area contributed by atoms with Crippen LogP contribution in [0, 0.1) is 6.07 Å². The van der Waals surface area contributed by atoms with Gasteiger partial charge in [0, 0.05) is 49.9 Å². The molecule has 0 saturated carbocycles. The average Bonchev–Trinajstić information content (AvgIpc) is 2.49. The van der Waals surface area contributed by atoms with Crippen LogP contribution < -0.4 is 9.80 Å². The quantitative estimate of drug-likeness (QED) is 0.799. The van der Waals surface area contributed by atoms with Gasteiger partial charge in [-0.2, -0.15) is 0 Å². The van der Waals surface area contributed by atoms with E-state index in [4.69, 9.17) is 0 Å². The Hall–Kier alpha value is -2.03. The first kappa shape index (κ1) is 11.1. The minimum atomic E-state index is 1.06. The zero-order valence-corrected chi connectivity index (χ0v) is 10.3. The molecule has 2 aromatic rings. The standard InChI is InChI=1S/C15H16N3/c1-2-4-14(5-3-1)17-10-12-18(13-11-17)15-6-8-16-9-7-15/h2-9H,10-13H2. The fourth-order valence-corrected chi connectivity index (χ4v) is 2.37. The van der Waals surface area contributed by atoms with Crippen molar-refractivity contribution in [1.29, 1.82) is 0 Å². The minimum absolute atomic E-state index is 1.06. The number of aromatic nitrogens is 1. The molecule has 2 heterocycles. The summed E-state index contributed by atoms with van der Waals surface area (Å²) < 4.78 is 0. The summed E-state index contributed by atoms with van der Waals surface area (Å²) in [5.74, 6) is 0. The Balaban J connectivity index is 1.65. The molecule has 1 aliphatic heterocycles. The van der Waals surface area contributed by atoms with Crippen molar-refractivity contribution >= 4 is 11.4 Å². The Bertz CT molecular complexity index is 428. The molecule has 1 radical (unpaired) electrons.